The maximum absolute atomic E-state index is 12.2. The fourth-order valence-electron chi connectivity index (χ4n) is 1.63. The first-order chi connectivity index (χ1) is 9.42. The standard InChI is InChI=1S/C16H17Cl2NO/c1-4-13-6-5-7-15(10-13)19-16(20)14(8-11(2)17)9-12(3)18/h5-10H,2,4H2,1,3H3,(H,19,20)/b12-9+,14-8+. The molecule has 106 valence electrons. The SMILES string of the molecule is C=C(Cl)/C=C(\C=C(/C)Cl)C(=O)Nc1cccc(CC)c1. The van der Waals surface area contributed by atoms with E-state index >= 15 is 0 Å². The smallest absolute Gasteiger partial charge is 0.255 e. The molecule has 0 aromatic heterocycles. The van der Waals surface area contributed by atoms with Crippen LogP contribution >= 0.6 is 23.2 Å². The average molecular weight is 310 g/mol. The molecule has 2 nitrogen and oxygen atoms in total. The van der Waals surface area contributed by atoms with Crippen molar-refractivity contribution in [3.05, 3.63) is 64.2 Å². The first-order valence-corrected chi connectivity index (χ1v) is 6.98. The largest absolute Gasteiger partial charge is 0.322 e. The van der Waals surface area contributed by atoms with Gasteiger partial charge in [0.05, 0.1) is 0 Å². The summed E-state index contributed by atoms with van der Waals surface area (Å²) in [5, 5.41) is 3.58. The molecule has 0 atom stereocenters. The minimum absolute atomic E-state index is 0.270. The number of halogens is 2. The lowest BCUT2D eigenvalue weighted by molar-refractivity contribution is -0.112. The number of anilines is 1. The molecule has 0 aliphatic carbocycles. The number of amides is 1. The predicted octanol–water partition coefficient (Wildman–Crippen LogP) is 5.01. The van der Waals surface area contributed by atoms with Crippen molar-refractivity contribution in [2.24, 2.45) is 0 Å². The summed E-state index contributed by atoms with van der Waals surface area (Å²) in [5.74, 6) is -0.278. The van der Waals surface area contributed by atoms with Crippen LogP contribution in [0.3, 0.4) is 0 Å². The highest BCUT2D eigenvalue weighted by Crippen LogP contribution is 2.16. The molecule has 0 saturated carbocycles. The van der Waals surface area contributed by atoms with Crippen LogP contribution in [-0.4, -0.2) is 5.91 Å². The maximum Gasteiger partial charge on any atom is 0.255 e. The van der Waals surface area contributed by atoms with Crippen LogP contribution in [0, 0.1) is 0 Å². The minimum Gasteiger partial charge on any atom is -0.322 e. The summed E-state index contributed by atoms with van der Waals surface area (Å²) in [7, 11) is 0. The fraction of sp³-hybridized carbons (Fsp3) is 0.188. The number of hydrogen-bond acceptors (Lipinski definition) is 1. The second kappa shape index (κ2) is 7.93. The van der Waals surface area contributed by atoms with Crippen molar-refractivity contribution in [2.45, 2.75) is 20.3 Å². The lowest BCUT2D eigenvalue weighted by atomic mass is 10.1. The van der Waals surface area contributed by atoms with Crippen LogP contribution in [0.25, 0.3) is 0 Å². The van der Waals surface area contributed by atoms with E-state index in [-0.39, 0.29) is 10.9 Å². The van der Waals surface area contributed by atoms with E-state index in [9.17, 15) is 4.79 Å². The Hall–Kier alpha value is -1.51. The Morgan fingerprint density at radius 1 is 1.35 bits per heavy atom. The van der Waals surface area contributed by atoms with Gasteiger partial charge < -0.3 is 5.32 Å². The molecule has 1 aromatic rings. The number of rotatable bonds is 5. The summed E-state index contributed by atoms with van der Waals surface area (Å²) in [6.45, 7) is 7.31. The number of hydrogen-bond donors (Lipinski definition) is 1. The van der Waals surface area contributed by atoms with Crippen LogP contribution in [0.1, 0.15) is 19.4 Å². The van der Waals surface area contributed by atoms with Gasteiger partial charge >= 0.3 is 0 Å². The van der Waals surface area contributed by atoms with E-state index in [1.807, 2.05) is 24.3 Å². The van der Waals surface area contributed by atoms with Gasteiger partial charge in [-0.25, -0.2) is 0 Å². The maximum atomic E-state index is 12.2. The van der Waals surface area contributed by atoms with Gasteiger partial charge in [0.2, 0.25) is 0 Å². The molecule has 1 aromatic carbocycles. The predicted molar refractivity (Wildman–Crippen MR) is 87.1 cm³/mol. The first-order valence-electron chi connectivity index (χ1n) is 6.22. The van der Waals surface area contributed by atoms with Crippen LogP contribution in [0.2, 0.25) is 0 Å². The number of allylic oxidation sites excluding steroid dienone is 3. The second-order valence-corrected chi connectivity index (χ2v) is 5.37. The molecular formula is C16H17Cl2NO. The number of carbonyl (C=O) groups is 1. The third-order valence-electron chi connectivity index (χ3n) is 2.52. The minimum atomic E-state index is -0.278. The van der Waals surface area contributed by atoms with Crippen LogP contribution in [0.15, 0.2) is 58.6 Å². The van der Waals surface area contributed by atoms with Gasteiger partial charge in [0.1, 0.15) is 0 Å². The van der Waals surface area contributed by atoms with E-state index in [0.717, 1.165) is 17.7 Å². The molecule has 0 heterocycles. The van der Waals surface area contributed by atoms with Crippen LogP contribution < -0.4 is 5.32 Å². The second-order valence-electron chi connectivity index (χ2n) is 4.29. The summed E-state index contributed by atoms with van der Waals surface area (Å²) in [6.07, 6.45) is 3.94. The van der Waals surface area contributed by atoms with E-state index in [0.29, 0.717) is 10.6 Å². The highest BCUT2D eigenvalue weighted by molar-refractivity contribution is 6.32. The van der Waals surface area contributed by atoms with Crippen LogP contribution in [-0.2, 0) is 11.2 Å². The monoisotopic (exact) mass is 309 g/mol. The van der Waals surface area contributed by atoms with Crippen molar-refractivity contribution in [1.82, 2.24) is 0 Å². The Kier molecular flexibility index (Phi) is 6.56. The third-order valence-corrected chi connectivity index (χ3v) is 2.74. The third kappa shape index (κ3) is 5.64. The van der Waals surface area contributed by atoms with Gasteiger partial charge in [-0.15, -0.1) is 0 Å². The van der Waals surface area contributed by atoms with Crippen molar-refractivity contribution in [3.63, 3.8) is 0 Å². The molecule has 0 unspecified atom stereocenters. The summed E-state index contributed by atoms with van der Waals surface area (Å²) in [5.41, 5.74) is 2.25. The van der Waals surface area contributed by atoms with Crippen molar-refractivity contribution in [2.75, 3.05) is 5.32 Å². The molecule has 0 saturated heterocycles. The molecule has 0 fully saturated rings. The molecule has 0 aliphatic heterocycles. The Morgan fingerprint density at radius 3 is 2.60 bits per heavy atom. The summed E-state index contributed by atoms with van der Waals surface area (Å²) < 4.78 is 0. The van der Waals surface area contributed by atoms with Crippen molar-refractivity contribution in [1.29, 1.82) is 0 Å². The molecule has 0 spiro atoms. The number of benzene rings is 1. The van der Waals surface area contributed by atoms with Gasteiger partial charge in [-0.3, -0.25) is 4.79 Å². The van der Waals surface area contributed by atoms with Crippen molar-refractivity contribution in [3.8, 4) is 0 Å². The van der Waals surface area contributed by atoms with Gasteiger partial charge in [0, 0.05) is 21.3 Å². The number of nitrogens with one attached hydrogen (secondary N) is 1. The van der Waals surface area contributed by atoms with E-state index in [4.69, 9.17) is 23.2 Å². The van der Waals surface area contributed by atoms with E-state index in [1.54, 1.807) is 13.0 Å². The highest BCUT2D eigenvalue weighted by atomic mass is 35.5. The average Bonchev–Trinajstić information content (AvgIpc) is 2.37. The normalized spacial score (nSPS) is 12.2. The summed E-state index contributed by atoms with van der Waals surface area (Å²) >= 11 is 11.5. The molecular weight excluding hydrogens is 293 g/mol. The molecule has 0 radical (unpaired) electrons. The zero-order valence-electron chi connectivity index (χ0n) is 11.5. The zero-order valence-corrected chi connectivity index (χ0v) is 13.1. The van der Waals surface area contributed by atoms with E-state index in [2.05, 4.69) is 18.8 Å². The molecule has 0 aliphatic rings. The van der Waals surface area contributed by atoms with Gasteiger partial charge in [-0.2, -0.15) is 0 Å². The summed E-state index contributed by atoms with van der Waals surface area (Å²) in [6, 6.07) is 7.68. The van der Waals surface area contributed by atoms with Crippen molar-refractivity contribution < 1.29 is 4.79 Å². The summed E-state index contributed by atoms with van der Waals surface area (Å²) in [4.78, 5) is 12.2. The number of aryl methyl sites for hydroxylation is 1. The molecule has 1 rings (SSSR count). The highest BCUT2D eigenvalue weighted by Gasteiger charge is 2.08. The van der Waals surface area contributed by atoms with Crippen LogP contribution in [0.5, 0.6) is 0 Å². The molecule has 20 heavy (non-hydrogen) atoms. The lowest BCUT2D eigenvalue weighted by Gasteiger charge is -2.07. The molecule has 0 bridgehead atoms. The van der Waals surface area contributed by atoms with E-state index < -0.39 is 0 Å². The first kappa shape index (κ1) is 16.5. The van der Waals surface area contributed by atoms with Gasteiger partial charge in [0.25, 0.3) is 5.91 Å². The van der Waals surface area contributed by atoms with Gasteiger partial charge in [0.15, 0.2) is 0 Å². The fourth-order valence-corrected chi connectivity index (χ4v) is 1.86. The van der Waals surface area contributed by atoms with Crippen LogP contribution in [0.4, 0.5) is 5.69 Å². The Balaban J connectivity index is 2.96. The Labute approximate surface area is 129 Å². The molecule has 1 amide bonds. The number of carbonyl (C=O) groups excluding carboxylic acids is 1. The van der Waals surface area contributed by atoms with E-state index in [1.165, 1.54) is 6.08 Å². The quantitative estimate of drug-likeness (QED) is 0.601. The molecule has 1 N–H and O–H groups in total. The van der Waals surface area contributed by atoms with Crippen molar-refractivity contribution >= 4 is 34.8 Å². The Morgan fingerprint density at radius 2 is 2.05 bits per heavy atom. The van der Waals surface area contributed by atoms with Gasteiger partial charge in [-0.1, -0.05) is 48.8 Å². The lowest BCUT2D eigenvalue weighted by Crippen LogP contribution is -2.13. The Bertz CT molecular complexity index is 570. The zero-order chi connectivity index (χ0) is 15.1. The van der Waals surface area contributed by atoms with Gasteiger partial charge in [-0.05, 0) is 43.2 Å². The topological polar surface area (TPSA) is 29.1 Å². The molecule has 4 heteroatoms.